The van der Waals surface area contributed by atoms with Crippen LogP contribution in [0.3, 0.4) is 0 Å². The van der Waals surface area contributed by atoms with E-state index in [9.17, 15) is 4.79 Å². The topological polar surface area (TPSA) is 68.0 Å². The van der Waals surface area contributed by atoms with E-state index in [2.05, 4.69) is 15.5 Å². The summed E-state index contributed by atoms with van der Waals surface area (Å²) in [5.41, 5.74) is 5.24. The van der Waals surface area contributed by atoms with Crippen molar-refractivity contribution in [3.05, 3.63) is 65.0 Å². The third-order valence-corrected chi connectivity index (χ3v) is 4.13. The molecule has 0 aliphatic rings. The van der Waals surface area contributed by atoms with Gasteiger partial charge in [0.25, 0.3) is 0 Å². The van der Waals surface area contributed by atoms with Gasteiger partial charge in [0.15, 0.2) is 0 Å². The molecule has 0 bridgehead atoms. The number of carbonyl (C=O) groups is 1. The Hall–Kier alpha value is -2.95. The van der Waals surface area contributed by atoms with E-state index in [0.717, 1.165) is 16.8 Å². The molecule has 128 valence electrons. The monoisotopic (exact) mass is 335 g/mol. The van der Waals surface area contributed by atoms with Crippen LogP contribution < -0.4 is 5.32 Å². The van der Waals surface area contributed by atoms with E-state index < -0.39 is 0 Å². The van der Waals surface area contributed by atoms with E-state index in [1.54, 1.807) is 0 Å². The summed E-state index contributed by atoms with van der Waals surface area (Å²) in [4.78, 5) is 16.5. The number of aromatic nitrogens is 2. The van der Waals surface area contributed by atoms with Gasteiger partial charge in [-0.05, 0) is 44.0 Å². The Morgan fingerprint density at radius 1 is 1.04 bits per heavy atom. The second-order valence-corrected chi connectivity index (χ2v) is 6.22. The SMILES string of the molecule is Cc1ccc(-c2noc(CCC(=O)Nc3ccc(C)c(C)c3)n2)cc1. The van der Waals surface area contributed by atoms with Crippen LogP contribution in [-0.2, 0) is 11.2 Å². The summed E-state index contributed by atoms with van der Waals surface area (Å²) in [5.74, 6) is 0.939. The van der Waals surface area contributed by atoms with Crippen molar-refractivity contribution in [1.82, 2.24) is 10.1 Å². The Morgan fingerprint density at radius 3 is 2.52 bits per heavy atom. The zero-order valence-electron chi connectivity index (χ0n) is 14.7. The fourth-order valence-corrected chi connectivity index (χ4v) is 2.44. The third-order valence-electron chi connectivity index (χ3n) is 4.13. The molecular weight excluding hydrogens is 314 g/mol. The Bertz CT molecular complexity index is 882. The summed E-state index contributed by atoms with van der Waals surface area (Å²) in [6.07, 6.45) is 0.706. The smallest absolute Gasteiger partial charge is 0.227 e. The first kappa shape index (κ1) is 16.9. The molecule has 3 aromatic rings. The number of benzene rings is 2. The van der Waals surface area contributed by atoms with Crippen molar-refractivity contribution >= 4 is 11.6 Å². The Labute approximate surface area is 147 Å². The molecule has 1 aromatic heterocycles. The minimum absolute atomic E-state index is 0.0710. The number of hydrogen-bond acceptors (Lipinski definition) is 4. The second-order valence-electron chi connectivity index (χ2n) is 6.22. The first-order valence-corrected chi connectivity index (χ1v) is 8.28. The van der Waals surface area contributed by atoms with Crippen LogP contribution in [0.1, 0.15) is 29.0 Å². The predicted molar refractivity (Wildman–Crippen MR) is 97.3 cm³/mol. The minimum Gasteiger partial charge on any atom is -0.339 e. The van der Waals surface area contributed by atoms with Crippen LogP contribution in [-0.4, -0.2) is 16.0 Å². The van der Waals surface area contributed by atoms with Crippen molar-refractivity contribution in [3.63, 3.8) is 0 Å². The van der Waals surface area contributed by atoms with Gasteiger partial charge in [0.05, 0.1) is 0 Å². The average Bonchev–Trinajstić information content (AvgIpc) is 3.06. The molecule has 0 aliphatic heterocycles. The lowest BCUT2D eigenvalue weighted by molar-refractivity contribution is -0.116. The zero-order chi connectivity index (χ0) is 17.8. The van der Waals surface area contributed by atoms with Gasteiger partial charge in [-0.25, -0.2) is 0 Å². The van der Waals surface area contributed by atoms with Gasteiger partial charge in [-0.15, -0.1) is 0 Å². The Kier molecular flexibility index (Phi) is 4.93. The molecule has 25 heavy (non-hydrogen) atoms. The molecule has 5 nitrogen and oxygen atoms in total. The highest BCUT2D eigenvalue weighted by Gasteiger charge is 2.11. The summed E-state index contributed by atoms with van der Waals surface area (Å²) in [6, 6.07) is 13.8. The summed E-state index contributed by atoms with van der Waals surface area (Å²) in [5, 5.41) is 6.88. The molecule has 0 fully saturated rings. The molecule has 2 aromatic carbocycles. The van der Waals surface area contributed by atoms with Crippen LogP contribution >= 0.6 is 0 Å². The molecule has 0 atom stereocenters. The highest BCUT2D eigenvalue weighted by molar-refractivity contribution is 5.90. The maximum absolute atomic E-state index is 12.1. The van der Waals surface area contributed by atoms with E-state index in [1.165, 1.54) is 11.1 Å². The molecule has 0 saturated heterocycles. The number of carbonyl (C=O) groups excluding carboxylic acids is 1. The van der Waals surface area contributed by atoms with Gasteiger partial charge in [0.1, 0.15) is 0 Å². The van der Waals surface area contributed by atoms with Crippen molar-refractivity contribution in [2.45, 2.75) is 33.6 Å². The highest BCUT2D eigenvalue weighted by atomic mass is 16.5. The lowest BCUT2D eigenvalue weighted by atomic mass is 10.1. The van der Waals surface area contributed by atoms with Gasteiger partial charge >= 0.3 is 0 Å². The largest absolute Gasteiger partial charge is 0.339 e. The molecule has 0 saturated carbocycles. The van der Waals surface area contributed by atoms with Crippen LogP contribution in [0.4, 0.5) is 5.69 Å². The molecule has 5 heteroatoms. The lowest BCUT2D eigenvalue weighted by Gasteiger charge is -2.06. The van der Waals surface area contributed by atoms with Crippen LogP contribution in [0.2, 0.25) is 0 Å². The first-order chi connectivity index (χ1) is 12.0. The number of anilines is 1. The molecular formula is C20H21N3O2. The quantitative estimate of drug-likeness (QED) is 0.757. The minimum atomic E-state index is -0.0710. The lowest BCUT2D eigenvalue weighted by Crippen LogP contribution is -2.12. The molecule has 1 N–H and O–H groups in total. The highest BCUT2D eigenvalue weighted by Crippen LogP contribution is 2.17. The Balaban J connectivity index is 1.57. The number of hydrogen-bond donors (Lipinski definition) is 1. The fraction of sp³-hybridized carbons (Fsp3) is 0.250. The number of aryl methyl sites for hydroxylation is 4. The van der Waals surface area contributed by atoms with Gasteiger partial charge in [-0.1, -0.05) is 41.1 Å². The molecule has 3 rings (SSSR count). The molecule has 0 aliphatic carbocycles. The number of nitrogens with zero attached hydrogens (tertiary/aromatic N) is 2. The zero-order valence-corrected chi connectivity index (χ0v) is 14.7. The summed E-state index contributed by atoms with van der Waals surface area (Å²) >= 11 is 0. The van der Waals surface area contributed by atoms with E-state index >= 15 is 0 Å². The van der Waals surface area contributed by atoms with Gasteiger partial charge in [0.2, 0.25) is 17.6 Å². The maximum atomic E-state index is 12.1. The van der Waals surface area contributed by atoms with Crippen LogP contribution in [0, 0.1) is 20.8 Å². The second kappa shape index (κ2) is 7.30. The van der Waals surface area contributed by atoms with Gasteiger partial charge < -0.3 is 9.84 Å². The molecule has 0 spiro atoms. The normalized spacial score (nSPS) is 10.7. The molecule has 0 radical (unpaired) electrons. The van der Waals surface area contributed by atoms with E-state index in [1.807, 2.05) is 63.2 Å². The third kappa shape index (κ3) is 4.32. The van der Waals surface area contributed by atoms with Crippen molar-refractivity contribution in [3.8, 4) is 11.4 Å². The summed E-state index contributed by atoms with van der Waals surface area (Å²) < 4.78 is 5.24. The Morgan fingerprint density at radius 2 is 1.80 bits per heavy atom. The molecule has 0 unspecified atom stereocenters. The maximum Gasteiger partial charge on any atom is 0.227 e. The van der Waals surface area contributed by atoms with E-state index in [-0.39, 0.29) is 5.91 Å². The van der Waals surface area contributed by atoms with Crippen LogP contribution in [0.25, 0.3) is 11.4 Å². The fourth-order valence-electron chi connectivity index (χ4n) is 2.44. The predicted octanol–water partition coefficient (Wildman–Crippen LogP) is 4.23. The number of amides is 1. The molecule has 1 heterocycles. The van der Waals surface area contributed by atoms with Crippen LogP contribution in [0.15, 0.2) is 47.0 Å². The van der Waals surface area contributed by atoms with Crippen molar-refractivity contribution in [2.24, 2.45) is 0 Å². The summed E-state index contributed by atoms with van der Waals surface area (Å²) in [7, 11) is 0. The molecule has 1 amide bonds. The summed E-state index contributed by atoms with van der Waals surface area (Å²) in [6.45, 7) is 6.10. The van der Waals surface area contributed by atoms with Crippen molar-refractivity contribution < 1.29 is 9.32 Å². The van der Waals surface area contributed by atoms with Gasteiger partial charge in [-0.2, -0.15) is 4.98 Å². The van der Waals surface area contributed by atoms with Gasteiger partial charge in [-0.3, -0.25) is 4.79 Å². The van der Waals surface area contributed by atoms with Crippen molar-refractivity contribution in [1.29, 1.82) is 0 Å². The van der Waals surface area contributed by atoms with Crippen molar-refractivity contribution in [2.75, 3.05) is 5.32 Å². The van der Waals surface area contributed by atoms with Crippen LogP contribution in [0.5, 0.6) is 0 Å². The van der Waals surface area contributed by atoms with E-state index in [4.69, 9.17) is 4.52 Å². The van der Waals surface area contributed by atoms with E-state index in [0.29, 0.717) is 24.6 Å². The number of nitrogens with one attached hydrogen (secondary N) is 1. The standard InChI is InChI=1S/C20H21N3O2/c1-13-4-7-16(8-5-13)20-22-19(25-23-20)11-10-18(24)21-17-9-6-14(2)15(3)12-17/h4-9,12H,10-11H2,1-3H3,(H,21,24). The van der Waals surface area contributed by atoms with Gasteiger partial charge in [0, 0.05) is 24.1 Å². The number of rotatable bonds is 5. The average molecular weight is 335 g/mol. The first-order valence-electron chi connectivity index (χ1n) is 8.28.